The van der Waals surface area contributed by atoms with Gasteiger partial charge in [0.1, 0.15) is 0 Å². The van der Waals surface area contributed by atoms with Crippen LogP contribution in [0.1, 0.15) is 10.4 Å². The van der Waals surface area contributed by atoms with Crippen LogP contribution in [0.15, 0.2) is 47.8 Å². The van der Waals surface area contributed by atoms with Crippen molar-refractivity contribution in [3.63, 3.8) is 0 Å². The van der Waals surface area contributed by atoms with E-state index in [0.717, 1.165) is 11.6 Å². The number of benzene rings is 2. The minimum Gasteiger partial charge on any atom is -0.399 e. The molecule has 9 heteroatoms. The highest BCUT2D eigenvalue weighted by Gasteiger charge is 2.17. The summed E-state index contributed by atoms with van der Waals surface area (Å²) in [4.78, 5) is 26.9. The molecule has 0 spiro atoms. The predicted octanol–water partition coefficient (Wildman–Crippen LogP) is 4.21. The highest BCUT2D eigenvalue weighted by molar-refractivity contribution is 7.14. The van der Waals surface area contributed by atoms with E-state index in [1.165, 1.54) is 23.5 Å². The normalized spacial score (nSPS) is 10.4. The standard InChI is InChI=1S/C16H11ClN4O3S/c17-13-5-4-11(21(23)24)7-12(13)15(22)20-16-19-14(8-25-16)9-2-1-3-10(18)6-9/h1-8H,18H2,(H,19,20,22). The number of carbonyl (C=O) groups is 1. The van der Waals surface area contributed by atoms with E-state index in [1.807, 2.05) is 12.1 Å². The van der Waals surface area contributed by atoms with E-state index in [4.69, 9.17) is 17.3 Å². The van der Waals surface area contributed by atoms with Gasteiger partial charge in [0.2, 0.25) is 0 Å². The zero-order chi connectivity index (χ0) is 18.0. The first-order chi connectivity index (χ1) is 11.9. The summed E-state index contributed by atoms with van der Waals surface area (Å²) in [5, 5.41) is 15.7. The Kier molecular flexibility index (Phi) is 4.64. The minimum atomic E-state index is -0.589. The van der Waals surface area contributed by atoms with Gasteiger partial charge in [-0.25, -0.2) is 4.98 Å². The van der Waals surface area contributed by atoms with Gasteiger partial charge in [-0.15, -0.1) is 11.3 Å². The van der Waals surface area contributed by atoms with Gasteiger partial charge in [0, 0.05) is 28.8 Å². The van der Waals surface area contributed by atoms with Gasteiger partial charge in [-0.2, -0.15) is 0 Å². The number of thiazole rings is 1. The van der Waals surface area contributed by atoms with Gasteiger partial charge in [0.05, 0.1) is 21.2 Å². The Morgan fingerprint density at radius 1 is 1.28 bits per heavy atom. The van der Waals surface area contributed by atoms with E-state index >= 15 is 0 Å². The highest BCUT2D eigenvalue weighted by atomic mass is 35.5. The van der Waals surface area contributed by atoms with Crippen molar-refractivity contribution in [3.05, 3.63) is 68.5 Å². The smallest absolute Gasteiger partial charge is 0.270 e. The van der Waals surface area contributed by atoms with E-state index in [0.29, 0.717) is 16.5 Å². The fourth-order valence-corrected chi connectivity index (χ4v) is 3.05. The first-order valence-electron chi connectivity index (χ1n) is 7.01. The summed E-state index contributed by atoms with van der Waals surface area (Å²) in [5.41, 5.74) is 7.65. The van der Waals surface area contributed by atoms with Crippen LogP contribution in [0.25, 0.3) is 11.3 Å². The number of hydrogen-bond donors (Lipinski definition) is 2. The van der Waals surface area contributed by atoms with E-state index in [9.17, 15) is 14.9 Å². The Hall–Kier alpha value is -2.97. The Morgan fingerprint density at radius 2 is 2.08 bits per heavy atom. The Bertz CT molecular complexity index is 974. The summed E-state index contributed by atoms with van der Waals surface area (Å²) in [6.07, 6.45) is 0. The number of halogens is 1. The lowest BCUT2D eigenvalue weighted by Gasteiger charge is -2.04. The number of rotatable bonds is 4. The van der Waals surface area contributed by atoms with Crippen molar-refractivity contribution in [1.29, 1.82) is 0 Å². The molecule has 25 heavy (non-hydrogen) atoms. The third-order valence-electron chi connectivity index (χ3n) is 3.31. The summed E-state index contributed by atoms with van der Waals surface area (Å²) >= 11 is 7.19. The molecule has 3 rings (SSSR count). The van der Waals surface area contributed by atoms with Crippen LogP contribution in [0.5, 0.6) is 0 Å². The average molecular weight is 375 g/mol. The maximum absolute atomic E-state index is 12.3. The number of amides is 1. The third-order valence-corrected chi connectivity index (χ3v) is 4.40. The van der Waals surface area contributed by atoms with Crippen LogP contribution in [0.2, 0.25) is 5.02 Å². The van der Waals surface area contributed by atoms with Crippen molar-refractivity contribution in [3.8, 4) is 11.3 Å². The number of nitrogens with zero attached hydrogens (tertiary/aromatic N) is 2. The molecular weight excluding hydrogens is 364 g/mol. The highest BCUT2D eigenvalue weighted by Crippen LogP contribution is 2.28. The fourth-order valence-electron chi connectivity index (χ4n) is 2.13. The molecule has 0 fully saturated rings. The molecule has 1 aromatic heterocycles. The largest absolute Gasteiger partial charge is 0.399 e. The second-order valence-electron chi connectivity index (χ2n) is 5.04. The first kappa shape index (κ1) is 16.9. The molecule has 0 saturated heterocycles. The lowest BCUT2D eigenvalue weighted by molar-refractivity contribution is -0.384. The van der Waals surface area contributed by atoms with Crippen LogP contribution in [0, 0.1) is 10.1 Å². The molecule has 126 valence electrons. The van der Waals surface area contributed by atoms with E-state index in [2.05, 4.69) is 10.3 Å². The molecule has 0 unspecified atom stereocenters. The van der Waals surface area contributed by atoms with Crippen LogP contribution in [-0.4, -0.2) is 15.8 Å². The first-order valence-corrected chi connectivity index (χ1v) is 8.26. The van der Waals surface area contributed by atoms with Crippen LogP contribution in [0.3, 0.4) is 0 Å². The second kappa shape index (κ2) is 6.88. The van der Waals surface area contributed by atoms with Crippen molar-refractivity contribution in [2.24, 2.45) is 0 Å². The molecule has 0 bridgehead atoms. The molecular formula is C16H11ClN4O3S. The quantitative estimate of drug-likeness (QED) is 0.403. The average Bonchev–Trinajstić information content (AvgIpc) is 3.03. The fraction of sp³-hybridized carbons (Fsp3) is 0. The zero-order valence-corrected chi connectivity index (χ0v) is 14.2. The van der Waals surface area contributed by atoms with E-state index < -0.39 is 10.8 Å². The maximum atomic E-state index is 12.3. The van der Waals surface area contributed by atoms with Gasteiger partial charge in [-0.1, -0.05) is 23.7 Å². The van der Waals surface area contributed by atoms with E-state index in [-0.39, 0.29) is 16.3 Å². The third kappa shape index (κ3) is 3.76. The van der Waals surface area contributed by atoms with Gasteiger partial charge in [-0.05, 0) is 18.2 Å². The summed E-state index contributed by atoms with van der Waals surface area (Å²) in [6, 6.07) is 10.9. The van der Waals surface area contributed by atoms with Gasteiger partial charge in [-0.3, -0.25) is 20.2 Å². The van der Waals surface area contributed by atoms with Crippen LogP contribution in [0.4, 0.5) is 16.5 Å². The molecule has 0 atom stereocenters. The summed E-state index contributed by atoms with van der Waals surface area (Å²) in [5.74, 6) is -0.567. The number of carbonyl (C=O) groups excluding carboxylic acids is 1. The molecule has 0 aliphatic carbocycles. The Labute approximate surface area is 151 Å². The number of nitro benzene ring substituents is 1. The van der Waals surface area contributed by atoms with Crippen LogP contribution < -0.4 is 11.1 Å². The van der Waals surface area contributed by atoms with Gasteiger partial charge in [0.15, 0.2) is 5.13 Å². The minimum absolute atomic E-state index is 0.0107. The van der Waals surface area contributed by atoms with Crippen molar-refractivity contribution < 1.29 is 9.72 Å². The Morgan fingerprint density at radius 3 is 2.80 bits per heavy atom. The number of nitrogen functional groups attached to an aromatic ring is 1. The number of nitrogens with two attached hydrogens (primary N) is 1. The molecule has 2 aromatic carbocycles. The predicted molar refractivity (Wildman–Crippen MR) is 98.0 cm³/mol. The summed E-state index contributed by atoms with van der Waals surface area (Å²) < 4.78 is 0. The van der Waals surface area contributed by atoms with Crippen LogP contribution >= 0.6 is 22.9 Å². The van der Waals surface area contributed by atoms with Gasteiger partial charge in [0.25, 0.3) is 11.6 Å². The topological polar surface area (TPSA) is 111 Å². The number of hydrogen-bond acceptors (Lipinski definition) is 6. The summed E-state index contributed by atoms with van der Waals surface area (Å²) in [7, 11) is 0. The number of nitro groups is 1. The Balaban J connectivity index is 1.83. The van der Waals surface area contributed by atoms with E-state index in [1.54, 1.807) is 17.5 Å². The maximum Gasteiger partial charge on any atom is 0.270 e. The molecule has 1 amide bonds. The number of aromatic nitrogens is 1. The van der Waals surface area contributed by atoms with Crippen molar-refractivity contribution >= 4 is 45.4 Å². The summed E-state index contributed by atoms with van der Waals surface area (Å²) in [6.45, 7) is 0. The van der Waals surface area contributed by atoms with Gasteiger partial charge < -0.3 is 5.73 Å². The molecule has 3 aromatic rings. The number of nitrogens with one attached hydrogen (secondary N) is 1. The number of anilines is 2. The zero-order valence-electron chi connectivity index (χ0n) is 12.6. The molecule has 0 radical (unpaired) electrons. The van der Waals surface area contributed by atoms with Crippen molar-refractivity contribution in [1.82, 2.24) is 4.98 Å². The second-order valence-corrected chi connectivity index (χ2v) is 6.30. The lowest BCUT2D eigenvalue weighted by Crippen LogP contribution is -2.12. The SMILES string of the molecule is Nc1cccc(-c2csc(NC(=O)c3cc([N+](=O)[O-])ccc3Cl)n2)c1. The molecule has 3 N–H and O–H groups in total. The monoisotopic (exact) mass is 374 g/mol. The molecule has 0 saturated carbocycles. The molecule has 7 nitrogen and oxygen atoms in total. The molecule has 0 aliphatic heterocycles. The number of non-ortho nitro benzene ring substituents is 1. The van der Waals surface area contributed by atoms with Crippen LogP contribution in [-0.2, 0) is 0 Å². The molecule has 1 heterocycles. The van der Waals surface area contributed by atoms with Crippen molar-refractivity contribution in [2.45, 2.75) is 0 Å². The lowest BCUT2D eigenvalue weighted by atomic mass is 10.1. The van der Waals surface area contributed by atoms with Gasteiger partial charge >= 0.3 is 0 Å². The van der Waals surface area contributed by atoms with Crippen molar-refractivity contribution in [2.75, 3.05) is 11.1 Å². The molecule has 0 aliphatic rings.